The Morgan fingerprint density at radius 1 is 1.15 bits per heavy atom. The van der Waals surface area contributed by atoms with Crippen LogP contribution in [0.3, 0.4) is 0 Å². The van der Waals surface area contributed by atoms with Crippen LogP contribution in [0.5, 0.6) is 0 Å². The molecule has 5 nitrogen and oxygen atoms in total. The van der Waals surface area contributed by atoms with Gasteiger partial charge in [-0.3, -0.25) is 9.59 Å². The summed E-state index contributed by atoms with van der Waals surface area (Å²) in [4.78, 5) is 27.3. The average Bonchev–Trinajstić information content (AvgIpc) is 2.98. The summed E-state index contributed by atoms with van der Waals surface area (Å²) in [6.45, 7) is 3.20. The summed E-state index contributed by atoms with van der Waals surface area (Å²) >= 11 is 6.78. The Balaban J connectivity index is 1.76. The van der Waals surface area contributed by atoms with Crippen LogP contribution in [-0.2, 0) is 9.59 Å². The van der Waals surface area contributed by atoms with Crippen molar-refractivity contribution in [1.29, 1.82) is 0 Å². The standard InChI is InChI=1S/C13H21N3O2S2/c14-12(18)10-4-3-7-16(8-10)11(17)9-20-13(19)15-5-1-2-6-15/h10H,1-9H2,(H2,14,18)/t10-/m0/s1. The van der Waals surface area contributed by atoms with E-state index < -0.39 is 0 Å². The third-order valence-electron chi connectivity index (χ3n) is 3.86. The van der Waals surface area contributed by atoms with E-state index in [1.165, 1.54) is 24.6 Å². The normalized spacial score (nSPS) is 22.9. The lowest BCUT2D eigenvalue weighted by Gasteiger charge is -2.31. The van der Waals surface area contributed by atoms with Gasteiger partial charge in [0, 0.05) is 26.2 Å². The first-order chi connectivity index (χ1) is 9.58. The number of thioether (sulfide) groups is 1. The van der Waals surface area contributed by atoms with Gasteiger partial charge in [-0.2, -0.15) is 0 Å². The number of carbonyl (C=O) groups excluding carboxylic acids is 2. The highest BCUT2D eigenvalue weighted by atomic mass is 32.2. The van der Waals surface area contributed by atoms with Crippen molar-refractivity contribution in [3.05, 3.63) is 0 Å². The molecule has 2 N–H and O–H groups in total. The van der Waals surface area contributed by atoms with E-state index in [0.717, 1.165) is 36.8 Å². The molecule has 2 heterocycles. The van der Waals surface area contributed by atoms with E-state index >= 15 is 0 Å². The molecule has 20 heavy (non-hydrogen) atoms. The van der Waals surface area contributed by atoms with Crippen molar-refractivity contribution in [3.8, 4) is 0 Å². The van der Waals surface area contributed by atoms with Crippen LogP contribution in [-0.4, -0.2) is 57.9 Å². The molecule has 2 rings (SSSR count). The third kappa shape index (κ3) is 4.09. The number of likely N-dealkylation sites (tertiary alicyclic amines) is 2. The van der Waals surface area contributed by atoms with E-state index in [1.54, 1.807) is 4.90 Å². The van der Waals surface area contributed by atoms with E-state index in [4.69, 9.17) is 18.0 Å². The molecule has 0 aromatic rings. The zero-order valence-corrected chi connectivity index (χ0v) is 13.2. The lowest BCUT2D eigenvalue weighted by atomic mass is 9.97. The van der Waals surface area contributed by atoms with Crippen molar-refractivity contribution >= 4 is 40.1 Å². The summed E-state index contributed by atoms with van der Waals surface area (Å²) < 4.78 is 0.819. The van der Waals surface area contributed by atoms with Gasteiger partial charge in [-0.25, -0.2) is 0 Å². The lowest BCUT2D eigenvalue weighted by Crippen LogP contribution is -2.45. The predicted octanol–water partition coefficient (Wildman–Crippen LogP) is 0.824. The number of thiocarbonyl (C=S) groups is 1. The van der Waals surface area contributed by atoms with Gasteiger partial charge in [0.05, 0.1) is 11.7 Å². The highest BCUT2D eigenvalue weighted by Gasteiger charge is 2.27. The number of carbonyl (C=O) groups is 2. The molecule has 0 aliphatic carbocycles. The van der Waals surface area contributed by atoms with E-state index in [2.05, 4.69) is 4.90 Å². The van der Waals surface area contributed by atoms with Crippen molar-refractivity contribution < 1.29 is 9.59 Å². The molecule has 0 saturated carbocycles. The number of hydrogen-bond acceptors (Lipinski definition) is 4. The zero-order chi connectivity index (χ0) is 14.5. The average molecular weight is 315 g/mol. The Bertz CT molecular complexity index is 397. The molecular weight excluding hydrogens is 294 g/mol. The molecule has 112 valence electrons. The van der Waals surface area contributed by atoms with Gasteiger partial charge in [-0.05, 0) is 25.7 Å². The molecule has 7 heteroatoms. The Morgan fingerprint density at radius 2 is 1.80 bits per heavy atom. The summed E-state index contributed by atoms with van der Waals surface area (Å²) in [7, 11) is 0. The van der Waals surface area contributed by atoms with Crippen LogP contribution in [0.2, 0.25) is 0 Å². The Kier molecular flexibility index (Phi) is 5.65. The van der Waals surface area contributed by atoms with Crippen molar-refractivity contribution in [1.82, 2.24) is 9.80 Å². The largest absolute Gasteiger partial charge is 0.369 e. The van der Waals surface area contributed by atoms with Crippen LogP contribution < -0.4 is 5.73 Å². The third-order valence-corrected chi connectivity index (χ3v) is 5.37. The van der Waals surface area contributed by atoms with Crippen molar-refractivity contribution in [2.75, 3.05) is 31.9 Å². The Hall–Kier alpha value is -0.820. The topological polar surface area (TPSA) is 66.6 Å². The summed E-state index contributed by atoms with van der Waals surface area (Å²) in [5, 5.41) is 0. The highest BCUT2D eigenvalue weighted by Crippen LogP contribution is 2.19. The molecule has 0 aromatic heterocycles. The van der Waals surface area contributed by atoms with Gasteiger partial charge in [0.2, 0.25) is 11.8 Å². The summed E-state index contributed by atoms with van der Waals surface area (Å²) in [5.74, 6) is -0.0747. The number of primary amides is 1. The first kappa shape index (κ1) is 15.6. The zero-order valence-electron chi connectivity index (χ0n) is 11.5. The maximum absolute atomic E-state index is 12.2. The van der Waals surface area contributed by atoms with Gasteiger partial charge < -0.3 is 15.5 Å². The van der Waals surface area contributed by atoms with E-state index in [-0.39, 0.29) is 17.7 Å². The molecule has 2 aliphatic rings. The molecule has 0 bridgehead atoms. The van der Waals surface area contributed by atoms with Crippen LogP contribution in [0.15, 0.2) is 0 Å². The fraction of sp³-hybridized carbons (Fsp3) is 0.769. The molecule has 2 amide bonds. The quantitative estimate of drug-likeness (QED) is 0.781. The fourth-order valence-electron chi connectivity index (χ4n) is 2.64. The van der Waals surface area contributed by atoms with E-state index in [1.807, 2.05) is 0 Å². The molecule has 2 fully saturated rings. The molecule has 0 spiro atoms. The maximum Gasteiger partial charge on any atom is 0.233 e. The molecule has 0 aromatic carbocycles. The monoisotopic (exact) mass is 315 g/mol. The van der Waals surface area contributed by atoms with Crippen molar-refractivity contribution in [2.24, 2.45) is 11.7 Å². The molecule has 1 atom stereocenters. The van der Waals surface area contributed by atoms with Gasteiger partial charge in [0.1, 0.15) is 4.32 Å². The minimum atomic E-state index is -0.303. The first-order valence-electron chi connectivity index (χ1n) is 7.06. The maximum atomic E-state index is 12.2. The second-order valence-corrected chi connectivity index (χ2v) is 6.94. The lowest BCUT2D eigenvalue weighted by molar-refractivity contribution is -0.132. The number of hydrogen-bond donors (Lipinski definition) is 1. The molecule has 2 saturated heterocycles. The summed E-state index contributed by atoms with van der Waals surface area (Å²) in [5.41, 5.74) is 5.32. The molecule has 2 aliphatic heterocycles. The SMILES string of the molecule is NC(=O)[C@H]1CCCN(C(=O)CSC(=S)N2CCCC2)C1. The van der Waals surface area contributed by atoms with Crippen molar-refractivity contribution in [3.63, 3.8) is 0 Å². The number of piperidine rings is 1. The molecule has 0 unspecified atom stereocenters. The number of nitrogens with zero attached hydrogens (tertiary/aromatic N) is 2. The minimum Gasteiger partial charge on any atom is -0.369 e. The van der Waals surface area contributed by atoms with Crippen LogP contribution in [0.1, 0.15) is 25.7 Å². The second-order valence-electron chi connectivity index (χ2n) is 5.33. The fourth-order valence-corrected chi connectivity index (χ4v) is 3.80. The summed E-state index contributed by atoms with van der Waals surface area (Å²) in [6.07, 6.45) is 4.00. The highest BCUT2D eigenvalue weighted by molar-refractivity contribution is 8.23. The Labute approximate surface area is 129 Å². The van der Waals surface area contributed by atoms with Gasteiger partial charge >= 0.3 is 0 Å². The van der Waals surface area contributed by atoms with Gasteiger partial charge in [-0.15, -0.1) is 0 Å². The van der Waals surface area contributed by atoms with E-state index in [0.29, 0.717) is 12.3 Å². The van der Waals surface area contributed by atoms with Crippen molar-refractivity contribution in [2.45, 2.75) is 25.7 Å². The first-order valence-corrected chi connectivity index (χ1v) is 8.46. The van der Waals surface area contributed by atoms with Crippen LogP contribution in [0, 0.1) is 5.92 Å². The molecular formula is C13H21N3O2S2. The van der Waals surface area contributed by atoms with Gasteiger partial charge in [0.25, 0.3) is 0 Å². The Morgan fingerprint density at radius 3 is 2.45 bits per heavy atom. The predicted molar refractivity (Wildman–Crippen MR) is 84.4 cm³/mol. The second kappa shape index (κ2) is 7.26. The number of nitrogens with two attached hydrogens (primary N) is 1. The van der Waals surface area contributed by atoms with Crippen LogP contribution in [0.25, 0.3) is 0 Å². The van der Waals surface area contributed by atoms with E-state index in [9.17, 15) is 9.59 Å². The number of amides is 2. The summed E-state index contributed by atoms with van der Waals surface area (Å²) in [6, 6.07) is 0. The smallest absolute Gasteiger partial charge is 0.233 e. The molecule has 0 radical (unpaired) electrons. The minimum absolute atomic E-state index is 0.0579. The van der Waals surface area contributed by atoms with Crippen LogP contribution in [0.4, 0.5) is 0 Å². The van der Waals surface area contributed by atoms with Crippen LogP contribution >= 0.6 is 24.0 Å². The number of rotatable bonds is 3. The van der Waals surface area contributed by atoms with Gasteiger partial charge in [-0.1, -0.05) is 24.0 Å². The van der Waals surface area contributed by atoms with Gasteiger partial charge in [0.15, 0.2) is 0 Å².